The number of methoxy groups -OCH3 is 1. The summed E-state index contributed by atoms with van der Waals surface area (Å²) in [6.07, 6.45) is 3.68. The van der Waals surface area contributed by atoms with E-state index in [0.717, 1.165) is 31.4 Å². The quantitative estimate of drug-likeness (QED) is 0.612. The van der Waals surface area contributed by atoms with Gasteiger partial charge in [-0.3, -0.25) is 0 Å². The Morgan fingerprint density at radius 3 is 2.76 bits per heavy atom. The molecule has 134 valence electrons. The van der Waals surface area contributed by atoms with Gasteiger partial charge in [0.15, 0.2) is 0 Å². The number of aliphatic hydroxyl groups excluding tert-OH is 1. The molecule has 0 saturated heterocycles. The van der Waals surface area contributed by atoms with Crippen LogP contribution in [0.2, 0.25) is 0 Å². The molecular formula is C21H27NO2S. The van der Waals surface area contributed by atoms with E-state index in [1.807, 2.05) is 24.3 Å². The molecule has 3 nitrogen and oxygen atoms in total. The number of aliphatic hydroxyl groups is 1. The maximum absolute atomic E-state index is 10.6. The van der Waals surface area contributed by atoms with Crippen LogP contribution in [0.15, 0.2) is 53.4 Å². The number of nitrogens with two attached hydrogens (primary N) is 1. The Morgan fingerprint density at radius 2 is 2.00 bits per heavy atom. The Hall–Kier alpha value is -1.49. The molecule has 25 heavy (non-hydrogen) atoms. The van der Waals surface area contributed by atoms with Crippen LogP contribution in [0.5, 0.6) is 5.75 Å². The normalized spacial score (nSPS) is 19.6. The Bertz CT molecular complexity index is 677. The molecule has 4 heteroatoms. The average Bonchev–Trinajstić information content (AvgIpc) is 2.87. The summed E-state index contributed by atoms with van der Waals surface area (Å²) in [7, 11) is 1.70. The van der Waals surface area contributed by atoms with E-state index in [0.29, 0.717) is 11.7 Å². The third-order valence-corrected chi connectivity index (χ3v) is 6.18. The van der Waals surface area contributed by atoms with Gasteiger partial charge in [-0.2, -0.15) is 0 Å². The van der Waals surface area contributed by atoms with Gasteiger partial charge in [0, 0.05) is 16.7 Å². The largest absolute Gasteiger partial charge is 0.497 e. The fourth-order valence-corrected chi connectivity index (χ4v) is 4.49. The van der Waals surface area contributed by atoms with Gasteiger partial charge in [-0.05, 0) is 67.0 Å². The molecule has 3 atom stereocenters. The minimum atomic E-state index is -0.498. The van der Waals surface area contributed by atoms with Crippen molar-refractivity contribution in [3.05, 3.63) is 59.7 Å². The Kier molecular flexibility index (Phi) is 6.40. The Morgan fingerprint density at radius 1 is 1.20 bits per heavy atom. The van der Waals surface area contributed by atoms with Crippen molar-refractivity contribution in [3.63, 3.8) is 0 Å². The van der Waals surface area contributed by atoms with Crippen molar-refractivity contribution in [3.8, 4) is 5.75 Å². The highest BCUT2D eigenvalue weighted by Crippen LogP contribution is 2.30. The first-order chi connectivity index (χ1) is 12.2. The van der Waals surface area contributed by atoms with Gasteiger partial charge in [0.1, 0.15) is 5.75 Å². The van der Waals surface area contributed by atoms with Crippen LogP contribution < -0.4 is 10.5 Å². The van der Waals surface area contributed by atoms with Crippen molar-refractivity contribution >= 4 is 11.8 Å². The SMILES string of the molecule is COc1ccc2c(c1)CC(C(N)[C@H](O)CSc1ccccc1)CCC2. The van der Waals surface area contributed by atoms with E-state index in [1.54, 1.807) is 18.9 Å². The van der Waals surface area contributed by atoms with Crippen LogP contribution in [0.3, 0.4) is 0 Å². The molecule has 2 unspecified atom stereocenters. The smallest absolute Gasteiger partial charge is 0.119 e. The van der Waals surface area contributed by atoms with E-state index in [2.05, 4.69) is 24.3 Å². The number of benzene rings is 2. The lowest BCUT2D eigenvalue weighted by atomic mass is 9.88. The van der Waals surface area contributed by atoms with Gasteiger partial charge < -0.3 is 15.6 Å². The fraction of sp³-hybridized carbons (Fsp3) is 0.429. The third kappa shape index (κ3) is 4.78. The number of thioether (sulfide) groups is 1. The Balaban J connectivity index is 1.63. The van der Waals surface area contributed by atoms with Crippen LogP contribution in [0.25, 0.3) is 0 Å². The average molecular weight is 358 g/mol. The molecule has 0 heterocycles. The summed E-state index contributed by atoms with van der Waals surface area (Å²) in [5.41, 5.74) is 9.17. The highest BCUT2D eigenvalue weighted by Gasteiger charge is 2.27. The van der Waals surface area contributed by atoms with Gasteiger partial charge in [-0.25, -0.2) is 0 Å². The zero-order valence-corrected chi connectivity index (χ0v) is 15.5. The molecule has 0 saturated carbocycles. The molecule has 1 aliphatic carbocycles. The van der Waals surface area contributed by atoms with Gasteiger partial charge in [-0.15, -0.1) is 11.8 Å². The summed E-state index contributed by atoms with van der Waals surface area (Å²) in [5, 5.41) is 10.6. The summed E-state index contributed by atoms with van der Waals surface area (Å²) in [6, 6.07) is 16.3. The molecule has 0 aliphatic heterocycles. The molecule has 1 aliphatic rings. The van der Waals surface area contributed by atoms with Crippen molar-refractivity contribution in [1.82, 2.24) is 0 Å². The second kappa shape index (κ2) is 8.75. The van der Waals surface area contributed by atoms with Gasteiger partial charge in [0.2, 0.25) is 0 Å². The lowest BCUT2D eigenvalue weighted by Crippen LogP contribution is -2.43. The molecule has 0 fully saturated rings. The molecule has 3 rings (SSSR count). The van der Waals surface area contributed by atoms with E-state index in [4.69, 9.17) is 10.5 Å². The molecular weight excluding hydrogens is 330 g/mol. The molecule has 0 bridgehead atoms. The molecule has 0 aromatic heterocycles. The van der Waals surface area contributed by atoms with Gasteiger partial charge >= 0.3 is 0 Å². The zero-order valence-electron chi connectivity index (χ0n) is 14.7. The lowest BCUT2D eigenvalue weighted by molar-refractivity contribution is 0.134. The first-order valence-corrected chi connectivity index (χ1v) is 9.93. The van der Waals surface area contributed by atoms with E-state index in [1.165, 1.54) is 16.0 Å². The van der Waals surface area contributed by atoms with Crippen molar-refractivity contribution < 1.29 is 9.84 Å². The highest BCUT2D eigenvalue weighted by atomic mass is 32.2. The molecule has 2 aromatic rings. The maximum atomic E-state index is 10.6. The molecule has 3 N–H and O–H groups in total. The van der Waals surface area contributed by atoms with Crippen LogP contribution in [-0.2, 0) is 12.8 Å². The molecule has 0 radical (unpaired) electrons. The third-order valence-electron chi connectivity index (χ3n) is 5.07. The van der Waals surface area contributed by atoms with Crippen molar-refractivity contribution in [1.29, 1.82) is 0 Å². The van der Waals surface area contributed by atoms with E-state index >= 15 is 0 Å². The monoisotopic (exact) mass is 357 g/mol. The van der Waals surface area contributed by atoms with Crippen LogP contribution in [-0.4, -0.2) is 30.1 Å². The number of aryl methyl sites for hydroxylation is 1. The Labute approximate surface area is 154 Å². The summed E-state index contributed by atoms with van der Waals surface area (Å²) >= 11 is 1.67. The number of fused-ring (bicyclic) bond motifs is 1. The summed E-state index contributed by atoms with van der Waals surface area (Å²) < 4.78 is 5.37. The molecule has 2 aromatic carbocycles. The summed E-state index contributed by atoms with van der Waals surface area (Å²) in [4.78, 5) is 1.17. The van der Waals surface area contributed by atoms with Crippen LogP contribution in [0.4, 0.5) is 0 Å². The highest BCUT2D eigenvalue weighted by molar-refractivity contribution is 7.99. The number of ether oxygens (including phenoxy) is 1. The van der Waals surface area contributed by atoms with Crippen molar-refractivity contribution in [2.45, 2.75) is 42.7 Å². The molecule has 0 spiro atoms. The van der Waals surface area contributed by atoms with Crippen molar-refractivity contribution in [2.75, 3.05) is 12.9 Å². The maximum Gasteiger partial charge on any atom is 0.119 e. The van der Waals surface area contributed by atoms with E-state index in [9.17, 15) is 5.11 Å². The second-order valence-electron chi connectivity index (χ2n) is 6.76. The van der Waals surface area contributed by atoms with E-state index < -0.39 is 6.10 Å². The van der Waals surface area contributed by atoms with E-state index in [-0.39, 0.29) is 6.04 Å². The second-order valence-corrected chi connectivity index (χ2v) is 7.85. The first kappa shape index (κ1) is 18.3. The van der Waals surface area contributed by atoms with Gasteiger partial charge in [0.05, 0.1) is 13.2 Å². The zero-order chi connectivity index (χ0) is 17.6. The fourth-order valence-electron chi connectivity index (χ4n) is 3.55. The number of hydrogen-bond donors (Lipinski definition) is 2. The van der Waals surface area contributed by atoms with Gasteiger partial charge in [-0.1, -0.05) is 24.3 Å². The van der Waals surface area contributed by atoms with Crippen molar-refractivity contribution in [2.24, 2.45) is 11.7 Å². The summed E-state index contributed by atoms with van der Waals surface area (Å²) in [6.45, 7) is 0. The van der Waals surface area contributed by atoms with Crippen LogP contribution in [0, 0.1) is 5.92 Å². The van der Waals surface area contributed by atoms with Gasteiger partial charge in [0.25, 0.3) is 0 Å². The predicted molar refractivity (Wildman–Crippen MR) is 104 cm³/mol. The van der Waals surface area contributed by atoms with Crippen LogP contribution >= 0.6 is 11.8 Å². The lowest BCUT2D eigenvalue weighted by Gasteiger charge is -2.27. The number of hydrogen-bond acceptors (Lipinski definition) is 4. The topological polar surface area (TPSA) is 55.5 Å². The minimum absolute atomic E-state index is 0.201. The number of rotatable bonds is 6. The van der Waals surface area contributed by atoms with Crippen LogP contribution in [0.1, 0.15) is 24.0 Å². The minimum Gasteiger partial charge on any atom is -0.497 e. The standard InChI is InChI=1S/C21H27NO2S/c1-24-18-11-10-15-6-5-7-16(12-17(15)13-18)21(22)20(23)14-25-19-8-3-2-4-9-19/h2-4,8-11,13,16,20-21,23H,5-7,12,14,22H2,1H3/t16?,20-,21?/m1/s1. The molecule has 0 amide bonds. The predicted octanol–water partition coefficient (Wildman–Crippen LogP) is 3.67. The first-order valence-electron chi connectivity index (χ1n) is 8.94. The summed E-state index contributed by atoms with van der Waals surface area (Å²) in [5.74, 6) is 1.83.